The Balaban J connectivity index is 3.46. The molecule has 0 amide bonds. The summed E-state index contributed by atoms with van der Waals surface area (Å²) in [5, 5.41) is 8.98. The number of hydrogen-bond donors (Lipinski definition) is 1. The van der Waals surface area contributed by atoms with E-state index >= 15 is 0 Å². The molecule has 0 spiro atoms. The first-order valence-electron chi connectivity index (χ1n) is 3.39. The molecular weight excluding hydrogens is 298 g/mol. The van der Waals surface area contributed by atoms with Crippen LogP contribution in [0.25, 0.3) is 0 Å². The van der Waals surface area contributed by atoms with E-state index in [0.29, 0.717) is 0 Å². The summed E-state index contributed by atoms with van der Waals surface area (Å²) >= 11 is 8.65. The van der Waals surface area contributed by atoms with Crippen molar-refractivity contribution in [2.24, 2.45) is 0 Å². The minimum absolute atomic E-state index is 0.150. The number of aliphatic hydroxyl groups is 1. The third-order valence-electron chi connectivity index (χ3n) is 1.53. The standard InChI is InChI=1S/C7H5BrClFO3S/c8-6-2-5(14(10,12)13)1-4(3-11)7(6)9/h1-2,11H,3H2. The molecule has 14 heavy (non-hydrogen) atoms. The molecular formula is C7H5BrClFO3S. The topological polar surface area (TPSA) is 54.4 Å². The molecule has 1 aromatic rings. The Bertz CT molecular complexity index is 460. The quantitative estimate of drug-likeness (QED) is 0.853. The monoisotopic (exact) mass is 302 g/mol. The van der Waals surface area contributed by atoms with E-state index in [1.54, 1.807) is 0 Å². The molecule has 0 fully saturated rings. The van der Waals surface area contributed by atoms with Gasteiger partial charge in [-0.25, -0.2) is 0 Å². The zero-order valence-corrected chi connectivity index (χ0v) is 9.83. The van der Waals surface area contributed by atoms with Crippen LogP contribution >= 0.6 is 27.5 Å². The van der Waals surface area contributed by atoms with E-state index in [9.17, 15) is 12.3 Å². The summed E-state index contributed by atoms with van der Waals surface area (Å²) < 4.78 is 33.9. The molecule has 1 aromatic carbocycles. The molecule has 3 nitrogen and oxygen atoms in total. The molecule has 7 heteroatoms. The van der Waals surface area contributed by atoms with Gasteiger partial charge in [0.25, 0.3) is 0 Å². The SMILES string of the molecule is O=S(=O)(F)c1cc(Br)c(Cl)c(CO)c1. The Morgan fingerprint density at radius 2 is 2.07 bits per heavy atom. The Hall–Kier alpha value is -0.170. The van der Waals surface area contributed by atoms with Crippen molar-refractivity contribution in [3.05, 3.63) is 27.2 Å². The summed E-state index contributed by atoms with van der Waals surface area (Å²) in [5.74, 6) is 0. The first kappa shape index (κ1) is 11.9. The average Bonchev–Trinajstić information content (AvgIpc) is 2.07. The molecule has 0 aliphatic heterocycles. The molecule has 0 aromatic heterocycles. The van der Waals surface area contributed by atoms with Crippen LogP contribution < -0.4 is 0 Å². The van der Waals surface area contributed by atoms with Crippen LogP contribution in [0, 0.1) is 0 Å². The lowest BCUT2D eigenvalue weighted by molar-refractivity contribution is 0.281. The van der Waals surface area contributed by atoms with Crippen molar-refractivity contribution in [2.45, 2.75) is 11.5 Å². The maximum atomic E-state index is 12.6. The van der Waals surface area contributed by atoms with Crippen molar-refractivity contribution in [3.8, 4) is 0 Å². The fourth-order valence-corrected chi connectivity index (χ4v) is 2.24. The van der Waals surface area contributed by atoms with Gasteiger partial charge in [0, 0.05) is 4.47 Å². The summed E-state index contributed by atoms with van der Waals surface area (Å²) in [7, 11) is -4.77. The lowest BCUT2D eigenvalue weighted by atomic mass is 10.2. The molecule has 0 heterocycles. The highest BCUT2D eigenvalue weighted by molar-refractivity contribution is 9.10. The first-order valence-corrected chi connectivity index (χ1v) is 5.95. The van der Waals surface area contributed by atoms with E-state index in [1.807, 2.05) is 0 Å². The predicted octanol–water partition coefficient (Wildman–Crippen LogP) is 2.25. The molecule has 0 aliphatic carbocycles. The molecule has 78 valence electrons. The third-order valence-corrected chi connectivity index (χ3v) is 3.63. The van der Waals surface area contributed by atoms with Crippen LogP contribution in [-0.4, -0.2) is 13.5 Å². The maximum absolute atomic E-state index is 12.6. The number of rotatable bonds is 2. The van der Waals surface area contributed by atoms with E-state index in [1.165, 1.54) is 0 Å². The first-order chi connectivity index (χ1) is 6.36. The summed E-state index contributed by atoms with van der Waals surface area (Å²) in [6.45, 7) is -0.458. The zero-order valence-electron chi connectivity index (χ0n) is 6.67. The smallest absolute Gasteiger partial charge is 0.332 e. The normalized spacial score (nSPS) is 11.7. The van der Waals surface area contributed by atoms with Crippen molar-refractivity contribution >= 4 is 37.8 Å². The molecule has 1 rings (SSSR count). The molecule has 0 unspecified atom stereocenters. The van der Waals surface area contributed by atoms with Gasteiger partial charge in [0.15, 0.2) is 0 Å². The van der Waals surface area contributed by atoms with Crippen LogP contribution in [0.3, 0.4) is 0 Å². The Morgan fingerprint density at radius 3 is 2.50 bits per heavy atom. The molecule has 0 atom stereocenters. The highest BCUT2D eigenvalue weighted by Gasteiger charge is 2.16. The Labute approximate surface area is 93.8 Å². The summed E-state index contributed by atoms with van der Waals surface area (Å²) in [6.07, 6.45) is 0. The molecule has 1 N–H and O–H groups in total. The van der Waals surface area contributed by atoms with Gasteiger partial charge in [0.2, 0.25) is 0 Å². The zero-order chi connectivity index (χ0) is 10.9. The van der Waals surface area contributed by atoms with Crippen LogP contribution in [-0.2, 0) is 16.8 Å². The minimum atomic E-state index is -4.77. The van der Waals surface area contributed by atoms with Crippen molar-refractivity contribution < 1.29 is 17.4 Å². The lowest BCUT2D eigenvalue weighted by Gasteiger charge is -2.04. The minimum Gasteiger partial charge on any atom is -0.392 e. The average molecular weight is 304 g/mol. The second-order valence-corrected chi connectivity index (χ2v) is 5.05. The van der Waals surface area contributed by atoms with Gasteiger partial charge in [-0.15, -0.1) is 3.89 Å². The van der Waals surface area contributed by atoms with E-state index in [2.05, 4.69) is 15.9 Å². The number of hydrogen-bond acceptors (Lipinski definition) is 3. The number of halogens is 3. The molecule has 0 aliphatic rings. The van der Waals surface area contributed by atoms with Crippen molar-refractivity contribution in [1.82, 2.24) is 0 Å². The Kier molecular flexibility index (Phi) is 3.52. The van der Waals surface area contributed by atoms with E-state index in [4.69, 9.17) is 16.7 Å². The van der Waals surface area contributed by atoms with Crippen LogP contribution in [0.15, 0.2) is 21.5 Å². The fourth-order valence-electron chi connectivity index (χ4n) is 0.874. The Morgan fingerprint density at radius 1 is 1.50 bits per heavy atom. The van der Waals surface area contributed by atoms with E-state index < -0.39 is 21.7 Å². The van der Waals surface area contributed by atoms with Gasteiger partial charge < -0.3 is 5.11 Å². The van der Waals surface area contributed by atoms with Gasteiger partial charge in [-0.05, 0) is 33.6 Å². The summed E-state index contributed by atoms with van der Waals surface area (Å²) in [5.41, 5.74) is 0.150. The maximum Gasteiger partial charge on any atom is 0.332 e. The summed E-state index contributed by atoms with van der Waals surface area (Å²) in [4.78, 5) is -0.530. The molecule has 0 saturated heterocycles. The predicted molar refractivity (Wildman–Crippen MR) is 53.4 cm³/mol. The van der Waals surface area contributed by atoms with Crippen LogP contribution in [0.4, 0.5) is 3.89 Å². The van der Waals surface area contributed by atoms with Crippen molar-refractivity contribution in [3.63, 3.8) is 0 Å². The second-order valence-electron chi connectivity index (χ2n) is 2.47. The van der Waals surface area contributed by atoms with Crippen LogP contribution in [0.1, 0.15) is 5.56 Å². The van der Waals surface area contributed by atoms with Gasteiger partial charge in [-0.3, -0.25) is 0 Å². The van der Waals surface area contributed by atoms with E-state index in [0.717, 1.165) is 12.1 Å². The molecule has 0 saturated carbocycles. The fraction of sp³-hybridized carbons (Fsp3) is 0.143. The van der Waals surface area contributed by atoms with Crippen molar-refractivity contribution in [1.29, 1.82) is 0 Å². The summed E-state index contributed by atoms with van der Waals surface area (Å²) in [6, 6.07) is 2.03. The van der Waals surface area contributed by atoms with Gasteiger partial charge >= 0.3 is 10.2 Å². The molecule has 0 bridgehead atoms. The van der Waals surface area contributed by atoms with Gasteiger partial charge in [0.05, 0.1) is 11.6 Å². The number of aliphatic hydroxyl groups excluding tert-OH is 1. The third kappa shape index (κ3) is 2.44. The van der Waals surface area contributed by atoms with Crippen LogP contribution in [0.5, 0.6) is 0 Å². The van der Waals surface area contributed by atoms with E-state index in [-0.39, 0.29) is 15.1 Å². The van der Waals surface area contributed by atoms with Crippen LogP contribution in [0.2, 0.25) is 5.02 Å². The van der Waals surface area contributed by atoms with Gasteiger partial charge in [-0.1, -0.05) is 11.6 Å². The number of benzene rings is 1. The highest BCUT2D eigenvalue weighted by atomic mass is 79.9. The van der Waals surface area contributed by atoms with Gasteiger partial charge in [-0.2, -0.15) is 8.42 Å². The second kappa shape index (κ2) is 4.14. The molecule has 0 radical (unpaired) electrons. The lowest BCUT2D eigenvalue weighted by Crippen LogP contribution is -1.95. The largest absolute Gasteiger partial charge is 0.392 e. The highest BCUT2D eigenvalue weighted by Crippen LogP contribution is 2.30. The van der Waals surface area contributed by atoms with Crippen molar-refractivity contribution in [2.75, 3.05) is 0 Å². The van der Waals surface area contributed by atoms with Gasteiger partial charge in [0.1, 0.15) is 4.90 Å².